The van der Waals surface area contributed by atoms with Crippen molar-refractivity contribution in [3.05, 3.63) is 199 Å². The molecule has 6 aromatic carbocycles. The minimum atomic E-state index is -3.06. The second-order valence-corrected chi connectivity index (χ2v) is 16.7. The minimum Gasteiger partial charge on any atom is -0.462 e. The standard InChI is InChI=1S/C45H40O4Si/c46-44-31-40-41(33-47-45(34-19-7-1-8-20-34,35-21-9-2-10-22-35)36-23-11-3-12-24-36)43(32-42(40)48-44)49-50(37-25-13-4-14-26-37,38-27-15-5-16-28-38)39-29-17-6-18-30-39/h1-30,40-43H,31-33H2/t40-,41-,42+,43-/m1/s1. The van der Waals surface area contributed by atoms with Gasteiger partial charge in [-0.05, 0) is 32.3 Å². The van der Waals surface area contributed by atoms with Gasteiger partial charge in [0.15, 0.2) is 0 Å². The highest BCUT2D eigenvalue weighted by Gasteiger charge is 2.55. The Labute approximate surface area is 295 Å². The zero-order valence-electron chi connectivity index (χ0n) is 27.9. The monoisotopic (exact) mass is 672 g/mol. The fourth-order valence-corrected chi connectivity index (χ4v) is 12.4. The number of ether oxygens (including phenoxy) is 2. The number of benzene rings is 6. The molecular weight excluding hydrogens is 633 g/mol. The lowest BCUT2D eigenvalue weighted by Gasteiger charge is -2.40. The number of fused-ring (bicyclic) bond motifs is 1. The first kappa shape index (κ1) is 32.2. The number of carbonyl (C=O) groups excluding carboxylic acids is 1. The SMILES string of the molecule is O=C1C[C@@H]2[C@@H](COC(c3ccccc3)(c3ccccc3)c3ccccc3)[C@H](O[Si](c3ccccc3)(c3ccccc3)c3ccccc3)C[C@@H]2O1. The van der Waals surface area contributed by atoms with Crippen molar-refractivity contribution in [3.63, 3.8) is 0 Å². The van der Waals surface area contributed by atoms with E-state index in [-0.39, 0.29) is 30.0 Å². The van der Waals surface area contributed by atoms with E-state index in [1.807, 2.05) is 18.2 Å². The van der Waals surface area contributed by atoms with E-state index in [1.165, 1.54) is 15.6 Å². The van der Waals surface area contributed by atoms with Crippen LogP contribution in [-0.2, 0) is 24.3 Å². The van der Waals surface area contributed by atoms with E-state index in [9.17, 15) is 4.79 Å². The molecule has 50 heavy (non-hydrogen) atoms. The Morgan fingerprint density at radius 2 is 0.940 bits per heavy atom. The van der Waals surface area contributed by atoms with Gasteiger partial charge >= 0.3 is 5.97 Å². The summed E-state index contributed by atoms with van der Waals surface area (Å²) in [5.41, 5.74) is 2.25. The summed E-state index contributed by atoms with van der Waals surface area (Å²) in [6.45, 7) is 0.379. The lowest BCUT2D eigenvalue weighted by atomic mass is 9.79. The molecular formula is C45H40O4Si. The predicted molar refractivity (Wildman–Crippen MR) is 200 cm³/mol. The first-order valence-corrected chi connectivity index (χ1v) is 19.4. The van der Waals surface area contributed by atoms with Gasteiger partial charge in [0.1, 0.15) is 11.7 Å². The van der Waals surface area contributed by atoms with Gasteiger partial charge in [0.2, 0.25) is 0 Å². The fourth-order valence-electron chi connectivity index (χ4n) is 8.26. The molecule has 0 N–H and O–H groups in total. The van der Waals surface area contributed by atoms with Crippen LogP contribution in [0.5, 0.6) is 0 Å². The van der Waals surface area contributed by atoms with Gasteiger partial charge in [0.05, 0.1) is 19.1 Å². The Morgan fingerprint density at radius 1 is 0.560 bits per heavy atom. The van der Waals surface area contributed by atoms with E-state index >= 15 is 0 Å². The lowest BCUT2D eigenvalue weighted by molar-refractivity contribution is -0.141. The molecule has 4 atom stereocenters. The number of carbonyl (C=O) groups is 1. The second kappa shape index (κ2) is 14.0. The van der Waals surface area contributed by atoms with Crippen molar-refractivity contribution in [1.82, 2.24) is 0 Å². The molecule has 0 aromatic heterocycles. The summed E-state index contributed by atoms with van der Waals surface area (Å²) in [7, 11) is -3.06. The normalized spacial score (nSPS) is 20.3. The van der Waals surface area contributed by atoms with Gasteiger partial charge in [0.25, 0.3) is 8.32 Å². The lowest BCUT2D eigenvalue weighted by Crippen LogP contribution is -2.70. The Balaban J connectivity index is 1.25. The van der Waals surface area contributed by atoms with Crippen LogP contribution in [0.4, 0.5) is 0 Å². The van der Waals surface area contributed by atoms with E-state index in [0.29, 0.717) is 19.4 Å². The molecule has 0 unspecified atom stereocenters. The predicted octanol–water partition coefficient (Wildman–Crippen LogP) is 7.00. The van der Waals surface area contributed by atoms with Gasteiger partial charge in [-0.1, -0.05) is 182 Å². The van der Waals surface area contributed by atoms with Gasteiger partial charge in [-0.25, -0.2) is 0 Å². The number of hydrogen-bond acceptors (Lipinski definition) is 4. The molecule has 0 radical (unpaired) electrons. The first-order valence-electron chi connectivity index (χ1n) is 17.5. The molecule has 1 aliphatic heterocycles. The van der Waals surface area contributed by atoms with Crippen molar-refractivity contribution in [1.29, 1.82) is 0 Å². The summed E-state index contributed by atoms with van der Waals surface area (Å²) in [4.78, 5) is 12.8. The second-order valence-electron chi connectivity index (χ2n) is 13.3. The molecule has 0 bridgehead atoms. The van der Waals surface area contributed by atoms with Crippen LogP contribution < -0.4 is 15.6 Å². The summed E-state index contributed by atoms with van der Waals surface area (Å²) in [6, 6.07) is 63.4. The van der Waals surface area contributed by atoms with E-state index in [0.717, 1.165) is 16.7 Å². The maximum Gasteiger partial charge on any atom is 0.306 e. The highest BCUT2D eigenvalue weighted by atomic mass is 28.4. The molecule has 1 saturated heterocycles. The summed E-state index contributed by atoms with van der Waals surface area (Å²) < 4.78 is 21.2. The molecule has 2 fully saturated rings. The van der Waals surface area contributed by atoms with Crippen molar-refractivity contribution in [2.75, 3.05) is 6.61 Å². The summed E-state index contributed by atoms with van der Waals surface area (Å²) in [5.74, 6) is -0.243. The van der Waals surface area contributed by atoms with Gasteiger partial charge in [0, 0.05) is 18.3 Å². The summed E-state index contributed by atoms with van der Waals surface area (Å²) in [6.07, 6.45) is 0.560. The third-order valence-electron chi connectivity index (χ3n) is 10.6. The molecule has 4 nitrogen and oxygen atoms in total. The van der Waals surface area contributed by atoms with E-state index in [2.05, 4.69) is 164 Å². The molecule has 0 spiro atoms. The van der Waals surface area contributed by atoms with Crippen LogP contribution in [-0.4, -0.2) is 33.1 Å². The van der Waals surface area contributed by atoms with Crippen LogP contribution in [0.3, 0.4) is 0 Å². The molecule has 1 saturated carbocycles. The van der Waals surface area contributed by atoms with E-state index in [1.54, 1.807) is 0 Å². The van der Waals surface area contributed by atoms with E-state index < -0.39 is 13.9 Å². The highest BCUT2D eigenvalue weighted by Crippen LogP contribution is 2.47. The first-order chi connectivity index (χ1) is 24.7. The van der Waals surface area contributed by atoms with Crippen LogP contribution in [0.2, 0.25) is 0 Å². The summed E-state index contributed by atoms with van der Waals surface area (Å²) >= 11 is 0. The Hall–Kier alpha value is -5.07. The molecule has 2 aliphatic rings. The fraction of sp³-hybridized carbons (Fsp3) is 0.178. The zero-order chi connectivity index (χ0) is 33.8. The van der Waals surface area contributed by atoms with Gasteiger partial charge in [-0.3, -0.25) is 4.79 Å². The van der Waals surface area contributed by atoms with Crippen LogP contribution in [0.15, 0.2) is 182 Å². The Kier molecular flexibility index (Phi) is 9.03. The van der Waals surface area contributed by atoms with Gasteiger partial charge in [-0.15, -0.1) is 0 Å². The minimum absolute atomic E-state index is 0.0125. The third kappa shape index (κ3) is 5.81. The van der Waals surface area contributed by atoms with Crippen LogP contribution in [0.25, 0.3) is 0 Å². The maximum atomic E-state index is 12.8. The quantitative estimate of drug-likeness (QED) is 0.0845. The van der Waals surface area contributed by atoms with Crippen molar-refractivity contribution in [2.45, 2.75) is 30.7 Å². The van der Waals surface area contributed by atoms with Crippen LogP contribution >= 0.6 is 0 Å². The molecule has 8 rings (SSSR count). The molecule has 248 valence electrons. The van der Waals surface area contributed by atoms with Crippen molar-refractivity contribution >= 4 is 29.8 Å². The van der Waals surface area contributed by atoms with Gasteiger partial charge < -0.3 is 13.9 Å². The molecule has 5 heteroatoms. The summed E-state index contributed by atoms with van der Waals surface area (Å²) in [5, 5.41) is 3.54. The van der Waals surface area contributed by atoms with E-state index in [4.69, 9.17) is 13.9 Å². The topological polar surface area (TPSA) is 44.8 Å². The average molecular weight is 673 g/mol. The van der Waals surface area contributed by atoms with Gasteiger partial charge in [-0.2, -0.15) is 0 Å². The van der Waals surface area contributed by atoms with Crippen molar-refractivity contribution < 1.29 is 18.7 Å². The molecule has 1 aliphatic carbocycles. The Morgan fingerprint density at radius 3 is 1.34 bits per heavy atom. The Bertz CT molecular complexity index is 1800. The van der Waals surface area contributed by atoms with Crippen LogP contribution in [0.1, 0.15) is 29.5 Å². The molecule has 0 amide bonds. The van der Waals surface area contributed by atoms with Crippen molar-refractivity contribution in [3.8, 4) is 0 Å². The smallest absolute Gasteiger partial charge is 0.306 e. The van der Waals surface area contributed by atoms with Crippen LogP contribution in [0, 0.1) is 11.8 Å². The number of rotatable bonds is 11. The highest BCUT2D eigenvalue weighted by molar-refractivity contribution is 7.07. The van der Waals surface area contributed by atoms with Crippen molar-refractivity contribution in [2.24, 2.45) is 11.8 Å². The number of hydrogen-bond donors (Lipinski definition) is 0. The maximum absolute atomic E-state index is 12.8. The average Bonchev–Trinajstić information content (AvgIpc) is 3.71. The molecule has 6 aromatic rings. The zero-order valence-corrected chi connectivity index (χ0v) is 28.9. The largest absolute Gasteiger partial charge is 0.462 e. The third-order valence-corrected chi connectivity index (χ3v) is 14.7. The number of esters is 1. The molecule has 1 heterocycles.